The third-order valence-corrected chi connectivity index (χ3v) is 6.30. The van der Waals surface area contributed by atoms with Crippen LogP contribution in [-0.2, 0) is 5.41 Å². The topological polar surface area (TPSA) is 25.2 Å². The lowest BCUT2D eigenvalue weighted by Gasteiger charge is -2.56. The van der Waals surface area contributed by atoms with Gasteiger partial charge in [0.2, 0.25) is 0 Å². The summed E-state index contributed by atoms with van der Waals surface area (Å²) in [5, 5.41) is 3.49. The highest BCUT2D eigenvalue weighted by atomic mass is 15.2. The molecule has 0 aromatic heterocycles. The third-order valence-electron chi connectivity index (χ3n) is 6.30. The van der Waals surface area contributed by atoms with Gasteiger partial charge in [-0.2, -0.15) is 0 Å². The Morgan fingerprint density at radius 2 is 1.77 bits per heavy atom. The zero-order valence-corrected chi connectivity index (χ0v) is 14.2. The van der Waals surface area contributed by atoms with Crippen LogP contribution in [-0.4, -0.2) is 17.6 Å². The van der Waals surface area contributed by atoms with Crippen molar-refractivity contribution < 1.29 is 0 Å². The summed E-state index contributed by atoms with van der Waals surface area (Å²) in [6.45, 7) is 11.9. The molecule has 2 heterocycles. The van der Waals surface area contributed by atoms with Crippen LogP contribution >= 0.6 is 0 Å². The van der Waals surface area contributed by atoms with Crippen LogP contribution in [0.5, 0.6) is 0 Å². The Morgan fingerprint density at radius 1 is 1.05 bits per heavy atom. The maximum absolute atomic E-state index is 3.49. The van der Waals surface area contributed by atoms with Gasteiger partial charge in [-0.3, -0.25) is 0 Å². The molecule has 0 saturated carbocycles. The Bertz CT molecular complexity index is 681. The van der Waals surface area contributed by atoms with E-state index in [4.69, 9.17) is 0 Å². The van der Waals surface area contributed by atoms with Gasteiger partial charge in [0.25, 0.3) is 0 Å². The fraction of sp³-hybridized carbons (Fsp3) is 0.500. The zero-order chi connectivity index (χ0) is 15.7. The average Bonchev–Trinajstić information content (AvgIpc) is 3.24. The Hall–Kier alpha value is -1.54. The van der Waals surface area contributed by atoms with Crippen molar-refractivity contribution in [3.8, 4) is 0 Å². The predicted molar refractivity (Wildman–Crippen MR) is 93.1 cm³/mol. The number of allylic oxidation sites excluding steroid dienone is 1. The Kier molecular flexibility index (Phi) is 2.73. The van der Waals surface area contributed by atoms with E-state index in [0.717, 1.165) is 0 Å². The number of rotatable bonds is 1. The molecule has 1 aromatic rings. The largest absolute Gasteiger partial charge is 0.336 e. The van der Waals surface area contributed by atoms with Crippen LogP contribution in [0.15, 0.2) is 48.2 Å². The number of benzene rings is 1. The van der Waals surface area contributed by atoms with E-state index in [-0.39, 0.29) is 11.0 Å². The highest BCUT2D eigenvalue weighted by molar-refractivity contribution is 5.67. The van der Waals surface area contributed by atoms with Gasteiger partial charge in [-0.15, -0.1) is 0 Å². The first-order valence-corrected chi connectivity index (χ1v) is 8.39. The highest BCUT2D eigenvalue weighted by Crippen LogP contribution is 2.52. The van der Waals surface area contributed by atoms with Crippen molar-refractivity contribution in [2.45, 2.75) is 57.7 Å². The fourth-order valence-electron chi connectivity index (χ4n) is 4.39. The summed E-state index contributed by atoms with van der Waals surface area (Å²) < 4.78 is 0. The minimum absolute atomic E-state index is 0.0791. The van der Waals surface area contributed by atoms with E-state index < -0.39 is 0 Å². The second-order valence-electron chi connectivity index (χ2n) is 8.12. The molecule has 2 heteroatoms. The molecule has 2 nitrogen and oxygen atoms in total. The quantitative estimate of drug-likeness (QED) is 0.792. The summed E-state index contributed by atoms with van der Waals surface area (Å²) in [6, 6.07) is 10.0. The van der Waals surface area contributed by atoms with Gasteiger partial charge in [0.1, 0.15) is 0 Å². The Labute approximate surface area is 133 Å². The van der Waals surface area contributed by atoms with Crippen molar-refractivity contribution in [3.63, 3.8) is 0 Å². The van der Waals surface area contributed by atoms with Gasteiger partial charge < -0.3 is 10.2 Å². The summed E-state index contributed by atoms with van der Waals surface area (Å²) in [5.74, 6) is 0.550. The molecular formula is C20H26N2. The second-order valence-corrected chi connectivity index (χ2v) is 8.12. The fourth-order valence-corrected chi connectivity index (χ4v) is 4.39. The first-order chi connectivity index (χ1) is 10.3. The van der Waals surface area contributed by atoms with Crippen molar-refractivity contribution >= 4 is 5.69 Å². The first kappa shape index (κ1) is 14.1. The van der Waals surface area contributed by atoms with Gasteiger partial charge in [0.05, 0.1) is 0 Å². The lowest BCUT2D eigenvalue weighted by molar-refractivity contribution is 0.204. The highest BCUT2D eigenvalue weighted by Gasteiger charge is 2.49. The van der Waals surface area contributed by atoms with Gasteiger partial charge in [-0.1, -0.05) is 45.0 Å². The standard InChI is InChI=1S/C20H26N2/c1-13-19(2,3)15-8-6-7-9-18(15)22(20(13,4)5)14-10-11-16-17(12-14)21-16/h6-13,16-17,21H,1-5H3/t13?,16?,17-/m0/s1. The Morgan fingerprint density at radius 3 is 2.50 bits per heavy atom. The molecule has 1 fully saturated rings. The third kappa shape index (κ3) is 1.77. The van der Waals surface area contributed by atoms with E-state index in [9.17, 15) is 0 Å². The molecule has 1 N–H and O–H groups in total. The van der Waals surface area contributed by atoms with E-state index in [1.807, 2.05) is 0 Å². The summed E-state index contributed by atoms with van der Waals surface area (Å²) in [7, 11) is 0. The second kappa shape index (κ2) is 4.26. The number of fused-ring (bicyclic) bond motifs is 2. The van der Waals surface area contributed by atoms with Crippen LogP contribution in [0.3, 0.4) is 0 Å². The number of para-hydroxylation sites is 1. The Balaban J connectivity index is 1.91. The molecule has 0 amide bonds. The maximum Gasteiger partial charge on any atom is 0.0470 e. The molecular weight excluding hydrogens is 268 g/mol. The molecule has 1 saturated heterocycles. The summed E-state index contributed by atoms with van der Waals surface area (Å²) in [6.07, 6.45) is 7.00. The van der Waals surface area contributed by atoms with Crippen molar-refractivity contribution in [2.75, 3.05) is 4.90 Å². The van der Waals surface area contributed by atoms with Crippen molar-refractivity contribution in [1.29, 1.82) is 0 Å². The van der Waals surface area contributed by atoms with E-state index in [2.05, 4.69) is 87.3 Å². The number of nitrogens with one attached hydrogen (secondary N) is 1. The molecule has 3 atom stereocenters. The molecule has 116 valence electrons. The van der Waals surface area contributed by atoms with Crippen LogP contribution in [0.4, 0.5) is 5.69 Å². The first-order valence-electron chi connectivity index (χ1n) is 8.39. The summed E-state index contributed by atoms with van der Waals surface area (Å²) >= 11 is 0. The maximum atomic E-state index is 3.49. The van der Waals surface area contributed by atoms with Crippen LogP contribution < -0.4 is 10.2 Å². The van der Waals surface area contributed by atoms with Crippen molar-refractivity contribution in [1.82, 2.24) is 5.32 Å². The number of anilines is 1. The average molecular weight is 294 g/mol. The van der Waals surface area contributed by atoms with Crippen LogP contribution in [0.25, 0.3) is 0 Å². The molecule has 2 aliphatic heterocycles. The van der Waals surface area contributed by atoms with E-state index in [1.54, 1.807) is 0 Å². The van der Waals surface area contributed by atoms with Crippen LogP contribution in [0.2, 0.25) is 0 Å². The summed E-state index contributed by atoms with van der Waals surface area (Å²) in [5.41, 5.74) is 4.42. The van der Waals surface area contributed by atoms with Gasteiger partial charge in [0, 0.05) is 29.0 Å². The molecule has 4 rings (SSSR count). The SMILES string of the molecule is CC1C(C)(C)c2ccccc2N(C2=C[C@@H]3NC3C=C2)C1(C)C. The monoisotopic (exact) mass is 294 g/mol. The molecule has 1 aliphatic carbocycles. The van der Waals surface area contributed by atoms with Crippen molar-refractivity contribution in [2.24, 2.45) is 5.92 Å². The molecule has 0 bridgehead atoms. The molecule has 3 aliphatic rings. The van der Waals surface area contributed by atoms with Gasteiger partial charge >= 0.3 is 0 Å². The van der Waals surface area contributed by atoms with E-state index >= 15 is 0 Å². The smallest absolute Gasteiger partial charge is 0.0470 e. The minimum Gasteiger partial charge on any atom is -0.336 e. The minimum atomic E-state index is 0.0791. The van der Waals surface area contributed by atoms with Gasteiger partial charge in [-0.25, -0.2) is 0 Å². The van der Waals surface area contributed by atoms with E-state index in [0.29, 0.717) is 18.0 Å². The molecule has 22 heavy (non-hydrogen) atoms. The predicted octanol–water partition coefficient (Wildman–Crippen LogP) is 3.99. The summed E-state index contributed by atoms with van der Waals surface area (Å²) in [4.78, 5) is 2.56. The van der Waals surface area contributed by atoms with Crippen molar-refractivity contribution in [3.05, 3.63) is 53.8 Å². The molecule has 0 spiro atoms. The number of hydrogen-bond donors (Lipinski definition) is 1. The molecule has 0 radical (unpaired) electrons. The lowest BCUT2D eigenvalue weighted by Crippen LogP contribution is -2.57. The van der Waals surface area contributed by atoms with Crippen LogP contribution in [0.1, 0.15) is 40.2 Å². The molecule has 2 unspecified atom stereocenters. The lowest BCUT2D eigenvalue weighted by atomic mass is 9.62. The molecule has 1 aromatic carbocycles. The van der Waals surface area contributed by atoms with Crippen LogP contribution in [0, 0.1) is 5.92 Å². The number of hydrogen-bond acceptors (Lipinski definition) is 2. The van der Waals surface area contributed by atoms with E-state index in [1.165, 1.54) is 16.9 Å². The number of nitrogens with zero attached hydrogens (tertiary/aromatic N) is 1. The normalized spacial score (nSPS) is 33.8. The van der Waals surface area contributed by atoms with Gasteiger partial charge in [-0.05, 0) is 49.0 Å². The van der Waals surface area contributed by atoms with Gasteiger partial charge in [0.15, 0.2) is 0 Å². The zero-order valence-electron chi connectivity index (χ0n) is 14.2.